The predicted molar refractivity (Wildman–Crippen MR) is 71.0 cm³/mol. The van der Waals surface area contributed by atoms with E-state index in [0.717, 1.165) is 11.3 Å². The Morgan fingerprint density at radius 1 is 1.37 bits per heavy atom. The Morgan fingerprint density at radius 2 is 2.11 bits per heavy atom. The van der Waals surface area contributed by atoms with E-state index in [-0.39, 0.29) is 21.4 Å². The first kappa shape index (κ1) is 13.4. The molecule has 0 aliphatic heterocycles. The third-order valence-electron chi connectivity index (χ3n) is 2.27. The number of anilines is 1. The third-order valence-corrected chi connectivity index (χ3v) is 3.56. The molecule has 0 saturated heterocycles. The number of carboxylic acids is 1. The van der Waals surface area contributed by atoms with Crippen LogP contribution in [0.25, 0.3) is 0 Å². The van der Waals surface area contributed by atoms with Crippen LogP contribution in [-0.4, -0.2) is 27.2 Å². The van der Waals surface area contributed by atoms with Crippen molar-refractivity contribution in [2.45, 2.75) is 6.92 Å². The van der Waals surface area contributed by atoms with E-state index < -0.39 is 11.9 Å². The monoisotopic (exact) mass is 297 g/mol. The van der Waals surface area contributed by atoms with Crippen molar-refractivity contribution >= 4 is 40.5 Å². The van der Waals surface area contributed by atoms with E-state index in [1.54, 1.807) is 12.3 Å². The fourth-order valence-corrected chi connectivity index (χ4v) is 2.32. The van der Waals surface area contributed by atoms with Gasteiger partial charge in [-0.1, -0.05) is 11.6 Å². The quantitative estimate of drug-likeness (QED) is 0.908. The number of aryl methyl sites for hydroxylation is 1. The molecule has 0 atom stereocenters. The van der Waals surface area contributed by atoms with Crippen molar-refractivity contribution < 1.29 is 14.7 Å². The second-order valence-electron chi connectivity index (χ2n) is 3.62. The molecule has 2 rings (SSSR count). The van der Waals surface area contributed by atoms with Crippen molar-refractivity contribution in [1.82, 2.24) is 10.2 Å². The van der Waals surface area contributed by atoms with Crippen molar-refractivity contribution in [3.05, 3.63) is 38.8 Å². The maximum atomic E-state index is 11.9. The van der Waals surface area contributed by atoms with Gasteiger partial charge in [-0.05, 0) is 30.0 Å². The summed E-state index contributed by atoms with van der Waals surface area (Å²) in [5.74, 6) is -1.62. The van der Waals surface area contributed by atoms with Gasteiger partial charge in [0, 0.05) is 0 Å². The number of hydrogen-bond donors (Lipinski definition) is 2. The van der Waals surface area contributed by atoms with Gasteiger partial charge in [-0.2, -0.15) is 0 Å². The summed E-state index contributed by atoms with van der Waals surface area (Å²) in [4.78, 5) is 23.0. The summed E-state index contributed by atoms with van der Waals surface area (Å²) < 4.78 is 0. The lowest BCUT2D eigenvalue weighted by molar-refractivity contribution is 0.0703. The number of thiophene rings is 1. The van der Waals surface area contributed by atoms with Gasteiger partial charge in [0.25, 0.3) is 5.91 Å². The van der Waals surface area contributed by atoms with E-state index in [1.807, 2.05) is 0 Å². The van der Waals surface area contributed by atoms with Crippen LogP contribution in [0.5, 0.6) is 0 Å². The Kier molecular flexibility index (Phi) is 3.77. The summed E-state index contributed by atoms with van der Waals surface area (Å²) >= 11 is 6.62. The largest absolute Gasteiger partial charge is 0.477 e. The van der Waals surface area contributed by atoms with Crippen LogP contribution >= 0.6 is 22.9 Å². The zero-order valence-electron chi connectivity index (χ0n) is 9.68. The van der Waals surface area contributed by atoms with Crippen LogP contribution < -0.4 is 5.32 Å². The number of amides is 1. The molecule has 2 heterocycles. The zero-order valence-corrected chi connectivity index (χ0v) is 11.2. The van der Waals surface area contributed by atoms with Gasteiger partial charge in [-0.25, -0.2) is 4.79 Å². The number of carbonyl (C=O) groups is 2. The molecule has 19 heavy (non-hydrogen) atoms. The molecule has 6 nitrogen and oxygen atoms in total. The van der Waals surface area contributed by atoms with Crippen LogP contribution in [0.3, 0.4) is 0 Å². The van der Waals surface area contributed by atoms with Crippen LogP contribution in [0.4, 0.5) is 5.69 Å². The maximum Gasteiger partial charge on any atom is 0.348 e. The van der Waals surface area contributed by atoms with Crippen LogP contribution in [0.1, 0.15) is 25.7 Å². The molecule has 0 aromatic carbocycles. The van der Waals surface area contributed by atoms with E-state index in [9.17, 15) is 9.59 Å². The Balaban J connectivity index is 2.26. The van der Waals surface area contributed by atoms with Crippen molar-refractivity contribution in [1.29, 1.82) is 0 Å². The molecule has 8 heteroatoms. The molecule has 1 amide bonds. The molecule has 0 aliphatic carbocycles. The van der Waals surface area contributed by atoms with E-state index >= 15 is 0 Å². The second kappa shape index (κ2) is 5.33. The zero-order chi connectivity index (χ0) is 14.0. The lowest BCUT2D eigenvalue weighted by Gasteiger charge is -2.05. The molecule has 0 bridgehead atoms. The van der Waals surface area contributed by atoms with Crippen LogP contribution in [0, 0.1) is 6.92 Å². The minimum atomic E-state index is -1.09. The van der Waals surface area contributed by atoms with Gasteiger partial charge in [0.2, 0.25) is 0 Å². The van der Waals surface area contributed by atoms with Crippen molar-refractivity contribution in [3.8, 4) is 0 Å². The Labute approximate surface area is 117 Å². The highest BCUT2D eigenvalue weighted by Gasteiger charge is 2.18. The van der Waals surface area contributed by atoms with E-state index in [4.69, 9.17) is 16.7 Å². The highest BCUT2D eigenvalue weighted by Crippen LogP contribution is 2.27. The first-order valence-electron chi connectivity index (χ1n) is 5.11. The smallest absolute Gasteiger partial charge is 0.348 e. The summed E-state index contributed by atoms with van der Waals surface area (Å²) in [6, 6.07) is 2.84. The predicted octanol–water partition coefficient (Wildman–Crippen LogP) is 2.45. The number of nitrogens with one attached hydrogen (secondary N) is 1. The average molecular weight is 298 g/mol. The van der Waals surface area contributed by atoms with E-state index in [2.05, 4.69) is 15.5 Å². The fraction of sp³-hybridized carbons (Fsp3) is 0.0909. The number of hydrogen-bond acceptors (Lipinski definition) is 5. The maximum absolute atomic E-state index is 11.9. The average Bonchev–Trinajstić information content (AvgIpc) is 2.72. The van der Waals surface area contributed by atoms with Crippen molar-refractivity contribution in [3.63, 3.8) is 0 Å². The van der Waals surface area contributed by atoms with Gasteiger partial charge >= 0.3 is 5.97 Å². The Hall–Kier alpha value is -1.99. The molecule has 2 aromatic heterocycles. The summed E-state index contributed by atoms with van der Waals surface area (Å²) in [6.45, 7) is 1.71. The molecular weight excluding hydrogens is 290 g/mol. The molecule has 2 N–H and O–H groups in total. The van der Waals surface area contributed by atoms with Crippen LogP contribution in [0.15, 0.2) is 17.5 Å². The fourth-order valence-electron chi connectivity index (χ4n) is 1.37. The summed E-state index contributed by atoms with van der Waals surface area (Å²) in [5, 5.41) is 20.5. The molecule has 0 aliphatic rings. The lowest BCUT2D eigenvalue weighted by Crippen LogP contribution is -2.16. The number of nitrogens with zero attached hydrogens (tertiary/aromatic N) is 2. The minimum absolute atomic E-state index is 0.0614. The van der Waals surface area contributed by atoms with Gasteiger partial charge in [-0.3, -0.25) is 4.79 Å². The topological polar surface area (TPSA) is 92.2 Å². The number of rotatable bonds is 3. The van der Waals surface area contributed by atoms with Crippen molar-refractivity contribution in [2.75, 3.05) is 5.32 Å². The normalized spacial score (nSPS) is 10.2. The summed E-state index contributed by atoms with van der Waals surface area (Å²) in [5.41, 5.74) is 1.02. The lowest BCUT2D eigenvalue weighted by atomic mass is 10.2. The number of aromatic carboxylic acids is 1. The van der Waals surface area contributed by atoms with Gasteiger partial charge in [0.1, 0.15) is 4.88 Å². The Bertz CT molecular complexity index is 639. The highest BCUT2D eigenvalue weighted by atomic mass is 35.5. The van der Waals surface area contributed by atoms with Gasteiger partial charge in [0.05, 0.1) is 5.69 Å². The Morgan fingerprint density at radius 3 is 2.68 bits per heavy atom. The third kappa shape index (κ3) is 2.88. The molecular formula is C11H8ClN3O3S. The molecule has 0 fully saturated rings. The minimum Gasteiger partial charge on any atom is -0.477 e. The first-order chi connectivity index (χ1) is 8.99. The number of carbonyl (C=O) groups excluding carboxylic acids is 1. The summed E-state index contributed by atoms with van der Waals surface area (Å²) in [6.07, 6.45) is 0. The second-order valence-corrected chi connectivity index (χ2v) is 4.89. The molecule has 0 unspecified atom stereocenters. The van der Waals surface area contributed by atoms with E-state index in [1.165, 1.54) is 12.1 Å². The molecule has 0 saturated carbocycles. The first-order valence-corrected chi connectivity index (χ1v) is 6.36. The van der Waals surface area contributed by atoms with Crippen LogP contribution in [0.2, 0.25) is 5.15 Å². The van der Waals surface area contributed by atoms with E-state index in [0.29, 0.717) is 5.56 Å². The SMILES string of the molecule is Cc1csc(C(=O)O)c1NC(=O)c1ccc(Cl)nn1. The summed E-state index contributed by atoms with van der Waals surface area (Å²) in [7, 11) is 0. The van der Waals surface area contributed by atoms with Crippen LogP contribution in [-0.2, 0) is 0 Å². The highest BCUT2D eigenvalue weighted by molar-refractivity contribution is 7.12. The molecule has 0 spiro atoms. The van der Waals surface area contributed by atoms with Gasteiger partial charge in [-0.15, -0.1) is 21.5 Å². The van der Waals surface area contributed by atoms with Gasteiger partial charge in [0.15, 0.2) is 10.8 Å². The standard InChI is InChI=1S/C11H8ClN3O3S/c1-5-4-19-9(11(17)18)8(5)13-10(16)6-2-3-7(12)15-14-6/h2-4H,1H3,(H,13,16)(H,17,18). The van der Waals surface area contributed by atoms with Crippen molar-refractivity contribution in [2.24, 2.45) is 0 Å². The van der Waals surface area contributed by atoms with Gasteiger partial charge < -0.3 is 10.4 Å². The molecule has 2 aromatic rings. The molecule has 98 valence electrons. The molecule has 0 radical (unpaired) electrons. The number of aromatic nitrogens is 2. The number of carboxylic acid groups (broad SMARTS) is 1. The number of halogens is 1.